The standard InChI is InChI=1S/C18H26N6O.HI/c1-19-18(21-9-2-10-25-12-16-3-4-16)22-11-15-5-7-17(8-6-15)24-14-20-13-23-24;/h5-8,13-14,16H,2-4,9-12H2,1H3,(H2,19,21,22);1H. The number of aromatic nitrogens is 3. The lowest BCUT2D eigenvalue weighted by atomic mass is 10.2. The Morgan fingerprint density at radius 1 is 1.27 bits per heavy atom. The lowest BCUT2D eigenvalue weighted by Crippen LogP contribution is -2.37. The van der Waals surface area contributed by atoms with Crippen LogP contribution in [-0.2, 0) is 11.3 Å². The Morgan fingerprint density at radius 3 is 2.73 bits per heavy atom. The molecule has 0 amide bonds. The second kappa shape index (κ2) is 11.1. The van der Waals surface area contributed by atoms with E-state index in [1.165, 1.54) is 24.7 Å². The van der Waals surface area contributed by atoms with Crippen LogP contribution in [0.25, 0.3) is 5.69 Å². The van der Waals surface area contributed by atoms with Crippen LogP contribution in [0.3, 0.4) is 0 Å². The summed E-state index contributed by atoms with van der Waals surface area (Å²) in [6, 6.07) is 8.20. The highest BCUT2D eigenvalue weighted by Crippen LogP contribution is 2.28. The van der Waals surface area contributed by atoms with Gasteiger partial charge in [0.05, 0.1) is 5.69 Å². The Morgan fingerprint density at radius 2 is 2.08 bits per heavy atom. The molecule has 26 heavy (non-hydrogen) atoms. The topological polar surface area (TPSA) is 76.4 Å². The number of aliphatic imine (C=N–C) groups is 1. The van der Waals surface area contributed by atoms with Gasteiger partial charge in [-0.05, 0) is 42.9 Å². The number of benzene rings is 1. The summed E-state index contributed by atoms with van der Waals surface area (Å²) in [5, 5.41) is 10.8. The molecule has 1 heterocycles. The smallest absolute Gasteiger partial charge is 0.191 e. The second-order valence-corrected chi connectivity index (χ2v) is 6.23. The van der Waals surface area contributed by atoms with Gasteiger partial charge in [0.25, 0.3) is 0 Å². The highest BCUT2D eigenvalue weighted by Gasteiger charge is 2.20. The van der Waals surface area contributed by atoms with Crippen LogP contribution in [0.15, 0.2) is 41.9 Å². The molecule has 1 saturated carbocycles. The van der Waals surface area contributed by atoms with E-state index >= 15 is 0 Å². The van der Waals surface area contributed by atoms with Gasteiger partial charge in [-0.2, -0.15) is 5.10 Å². The summed E-state index contributed by atoms with van der Waals surface area (Å²) < 4.78 is 7.37. The van der Waals surface area contributed by atoms with Gasteiger partial charge in [-0.25, -0.2) is 9.67 Å². The number of nitrogens with zero attached hydrogens (tertiary/aromatic N) is 4. The van der Waals surface area contributed by atoms with E-state index in [1.807, 2.05) is 12.1 Å². The number of ether oxygens (including phenoxy) is 1. The van der Waals surface area contributed by atoms with Crippen LogP contribution < -0.4 is 10.6 Å². The maximum atomic E-state index is 5.63. The van der Waals surface area contributed by atoms with Crippen molar-refractivity contribution in [2.45, 2.75) is 25.8 Å². The normalized spacial score (nSPS) is 14.0. The monoisotopic (exact) mass is 470 g/mol. The molecule has 0 radical (unpaired) electrons. The molecule has 8 heteroatoms. The maximum Gasteiger partial charge on any atom is 0.191 e. The van der Waals surface area contributed by atoms with Crippen LogP contribution in [0, 0.1) is 5.92 Å². The lowest BCUT2D eigenvalue weighted by Gasteiger charge is -2.12. The Labute approximate surface area is 171 Å². The molecule has 7 nitrogen and oxygen atoms in total. The average molecular weight is 470 g/mol. The molecule has 1 aliphatic rings. The molecule has 0 aliphatic heterocycles. The van der Waals surface area contributed by atoms with Crippen molar-refractivity contribution in [3.63, 3.8) is 0 Å². The van der Waals surface area contributed by atoms with Crippen molar-refractivity contribution in [2.24, 2.45) is 10.9 Å². The first-order valence-electron chi connectivity index (χ1n) is 8.81. The van der Waals surface area contributed by atoms with Crippen LogP contribution in [0.5, 0.6) is 0 Å². The van der Waals surface area contributed by atoms with Crippen molar-refractivity contribution in [2.75, 3.05) is 26.8 Å². The predicted octanol–water partition coefficient (Wildman–Crippen LogP) is 2.37. The summed E-state index contributed by atoms with van der Waals surface area (Å²) in [6.45, 7) is 3.31. The zero-order valence-corrected chi connectivity index (χ0v) is 17.4. The highest BCUT2D eigenvalue weighted by atomic mass is 127. The molecule has 142 valence electrons. The van der Waals surface area contributed by atoms with Crippen molar-refractivity contribution in [1.29, 1.82) is 0 Å². The maximum absolute atomic E-state index is 5.63. The van der Waals surface area contributed by atoms with E-state index in [0.717, 1.165) is 50.3 Å². The molecule has 0 bridgehead atoms. The van der Waals surface area contributed by atoms with E-state index in [9.17, 15) is 0 Å². The van der Waals surface area contributed by atoms with E-state index in [2.05, 4.69) is 37.8 Å². The van der Waals surface area contributed by atoms with Crippen molar-refractivity contribution in [3.8, 4) is 5.69 Å². The van der Waals surface area contributed by atoms with Crippen LogP contribution in [0.2, 0.25) is 0 Å². The molecule has 0 atom stereocenters. The Bertz CT molecular complexity index is 655. The zero-order valence-electron chi connectivity index (χ0n) is 15.1. The van der Waals surface area contributed by atoms with Gasteiger partial charge in [0, 0.05) is 33.4 Å². The van der Waals surface area contributed by atoms with E-state index in [4.69, 9.17) is 4.74 Å². The van der Waals surface area contributed by atoms with Crippen molar-refractivity contribution >= 4 is 29.9 Å². The van der Waals surface area contributed by atoms with Gasteiger partial charge in [-0.3, -0.25) is 4.99 Å². The molecule has 1 fully saturated rings. The van der Waals surface area contributed by atoms with E-state index < -0.39 is 0 Å². The minimum Gasteiger partial charge on any atom is -0.381 e. The van der Waals surface area contributed by atoms with Gasteiger partial charge < -0.3 is 15.4 Å². The minimum absolute atomic E-state index is 0. The van der Waals surface area contributed by atoms with Gasteiger partial charge in [0.1, 0.15) is 12.7 Å². The van der Waals surface area contributed by atoms with E-state index in [-0.39, 0.29) is 24.0 Å². The molecule has 1 aliphatic carbocycles. The van der Waals surface area contributed by atoms with Crippen molar-refractivity contribution in [3.05, 3.63) is 42.5 Å². The van der Waals surface area contributed by atoms with E-state index in [1.54, 1.807) is 18.1 Å². The number of hydrogen-bond acceptors (Lipinski definition) is 4. The zero-order chi connectivity index (χ0) is 17.3. The molecule has 1 aromatic carbocycles. The first-order valence-corrected chi connectivity index (χ1v) is 8.81. The summed E-state index contributed by atoms with van der Waals surface area (Å²) in [7, 11) is 1.78. The fourth-order valence-electron chi connectivity index (χ4n) is 2.43. The summed E-state index contributed by atoms with van der Waals surface area (Å²) in [5.74, 6) is 1.64. The molecule has 2 aromatic rings. The van der Waals surface area contributed by atoms with Gasteiger partial charge in [-0.1, -0.05) is 12.1 Å². The largest absolute Gasteiger partial charge is 0.381 e. The molecule has 0 spiro atoms. The molecular formula is C18H27IN6O. The third kappa shape index (κ3) is 6.91. The number of guanidine groups is 1. The Balaban J connectivity index is 0.00000243. The summed E-state index contributed by atoms with van der Waals surface area (Å²) >= 11 is 0. The predicted molar refractivity (Wildman–Crippen MR) is 113 cm³/mol. The summed E-state index contributed by atoms with van der Waals surface area (Å²) in [4.78, 5) is 8.21. The quantitative estimate of drug-likeness (QED) is 0.255. The van der Waals surface area contributed by atoms with Crippen LogP contribution >= 0.6 is 24.0 Å². The SMILES string of the molecule is CN=C(NCCCOCC1CC1)NCc1ccc(-n2cncn2)cc1.I. The third-order valence-electron chi connectivity index (χ3n) is 4.11. The number of nitrogens with one attached hydrogen (secondary N) is 2. The molecule has 0 saturated heterocycles. The van der Waals surface area contributed by atoms with Crippen LogP contribution in [0.4, 0.5) is 0 Å². The fraction of sp³-hybridized carbons (Fsp3) is 0.500. The molecule has 2 N–H and O–H groups in total. The molecule has 3 rings (SSSR count). The van der Waals surface area contributed by atoms with Gasteiger partial charge in [0.15, 0.2) is 5.96 Å². The summed E-state index contributed by atoms with van der Waals surface area (Å²) in [5.41, 5.74) is 2.18. The van der Waals surface area contributed by atoms with Gasteiger partial charge in [0.2, 0.25) is 0 Å². The number of hydrogen-bond donors (Lipinski definition) is 2. The number of rotatable bonds is 9. The number of halogens is 1. The van der Waals surface area contributed by atoms with Gasteiger partial charge in [-0.15, -0.1) is 24.0 Å². The fourth-order valence-corrected chi connectivity index (χ4v) is 2.43. The lowest BCUT2D eigenvalue weighted by molar-refractivity contribution is 0.123. The Hall–Kier alpha value is -1.68. The van der Waals surface area contributed by atoms with E-state index in [0.29, 0.717) is 0 Å². The third-order valence-corrected chi connectivity index (χ3v) is 4.11. The minimum atomic E-state index is 0. The first kappa shape index (κ1) is 20.6. The van der Waals surface area contributed by atoms with Crippen LogP contribution in [0.1, 0.15) is 24.8 Å². The highest BCUT2D eigenvalue weighted by molar-refractivity contribution is 14.0. The average Bonchev–Trinajstić information content (AvgIpc) is 3.31. The second-order valence-electron chi connectivity index (χ2n) is 6.23. The van der Waals surface area contributed by atoms with Crippen molar-refractivity contribution in [1.82, 2.24) is 25.4 Å². The first-order chi connectivity index (χ1) is 12.3. The molecule has 1 aromatic heterocycles. The van der Waals surface area contributed by atoms with Crippen LogP contribution in [-0.4, -0.2) is 47.5 Å². The summed E-state index contributed by atoms with van der Waals surface area (Å²) in [6.07, 6.45) is 6.89. The Kier molecular flexibility index (Phi) is 8.82. The van der Waals surface area contributed by atoms with Gasteiger partial charge >= 0.3 is 0 Å². The van der Waals surface area contributed by atoms with Crippen molar-refractivity contribution < 1.29 is 4.74 Å². The molecular weight excluding hydrogens is 443 g/mol. The molecule has 0 unspecified atom stereocenters.